The molecule has 1 aliphatic carbocycles. The molecule has 25 heavy (non-hydrogen) atoms. The lowest BCUT2D eigenvalue weighted by Crippen LogP contribution is -2.32. The van der Waals surface area contributed by atoms with E-state index < -0.39 is 0 Å². The average molecular weight is 366 g/mol. The maximum atomic E-state index is 12.3. The van der Waals surface area contributed by atoms with Gasteiger partial charge in [0, 0.05) is 26.4 Å². The van der Waals surface area contributed by atoms with Crippen molar-refractivity contribution in [2.24, 2.45) is 12.8 Å². The molecule has 0 saturated carbocycles. The van der Waals surface area contributed by atoms with Gasteiger partial charge >= 0.3 is 0 Å². The number of nitrogens with one attached hydrogen (secondary N) is 1. The van der Waals surface area contributed by atoms with Gasteiger partial charge in [-0.1, -0.05) is 23.4 Å². The zero-order valence-electron chi connectivity index (χ0n) is 15.0. The minimum atomic E-state index is -0.363. The Balaban J connectivity index is 1.78. The number of hydrogen-bond acceptors (Lipinski definition) is 5. The summed E-state index contributed by atoms with van der Waals surface area (Å²) in [6, 6.07) is 0. The van der Waals surface area contributed by atoms with Gasteiger partial charge in [0.2, 0.25) is 11.8 Å². The topological polar surface area (TPSA) is 103 Å². The quantitative estimate of drug-likeness (QED) is 0.512. The lowest BCUT2D eigenvalue weighted by molar-refractivity contribution is -0.120. The third kappa shape index (κ3) is 6.19. The van der Waals surface area contributed by atoms with Crippen molar-refractivity contribution >= 4 is 23.6 Å². The van der Waals surface area contributed by atoms with Crippen molar-refractivity contribution in [3.8, 4) is 0 Å². The zero-order valence-corrected chi connectivity index (χ0v) is 15.8. The molecule has 2 rings (SSSR count). The number of nitrogens with zero attached hydrogens (tertiary/aromatic N) is 3. The van der Waals surface area contributed by atoms with Gasteiger partial charge in [0.1, 0.15) is 5.82 Å². The summed E-state index contributed by atoms with van der Waals surface area (Å²) in [5, 5.41) is 11.6. The van der Waals surface area contributed by atoms with Crippen LogP contribution in [0, 0.1) is 0 Å². The summed E-state index contributed by atoms with van der Waals surface area (Å²) in [6.07, 6.45) is 8.80. The molecule has 8 heteroatoms. The van der Waals surface area contributed by atoms with Crippen LogP contribution in [-0.2, 0) is 23.1 Å². The first kappa shape index (κ1) is 19.5. The number of carbonyl (C=O) groups excluding carboxylic acids is 2. The van der Waals surface area contributed by atoms with Crippen molar-refractivity contribution in [3.05, 3.63) is 17.5 Å². The molecule has 0 unspecified atom stereocenters. The normalized spacial score (nSPS) is 15.5. The van der Waals surface area contributed by atoms with Crippen LogP contribution in [0.5, 0.6) is 0 Å². The first-order valence-corrected chi connectivity index (χ1v) is 9.64. The maximum absolute atomic E-state index is 12.3. The predicted octanol–water partition coefficient (Wildman–Crippen LogP) is 1.72. The standard InChI is InChI=1S/C17H27N5O2S/c1-12(16(24)19-11-10-13-6-4-3-5-7-13)25-17-21-20-15(22(17)2)9-8-14(18)23/h6,12H,3-5,7-11H2,1-2H3,(H2,18,23)(H,19,24)/t12-/m0/s1. The summed E-state index contributed by atoms with van der Waals surface area (Å²) >= 11 is 1.37. The summed E-state index contributed by atoms with van der Waals surface area (Å²) in [7, 11) is 1.83. The summed E-state index contributed by atoms with van der Waals surface area (Å²) < 4.78 is 1.81. The van der Waals surface area contributed by atoms with Crippen LogP contribution in [0.3, 0.4) is 0 Å². The first-order valence-electron chi connectivity index (χ1n) is 8.76. The SMILES string of the molecule is C[C@H](Sc1nnc(CCC(N)=O)n1C)C(=O)NCCC1=CCCCC1. The Labute approximate surface area is 152 Å². The van der Waals surface area contributed by atoms with Gasteiger partial charge in [0.05, 0.1) is 5.25 Å². The zero-order chi connectivity index (χ0) is 18.2. The Bertz CT molecular complexity index is 641. The van der Waals surface area contributed by atoms with E-state index >= 15 is 0 Å². The Morgan fingerprint density at radius 1 is 1.36 bits per heavy atom. The molecule has 2 amide bonds. The third-order valence-corrected chi connectivity index (χ3v) is 5.44. The van der Waals surface area contributed by atoms with Gasteiger partial charge in [0.25, 0.3) is 0 Å². The van der Waals surface area contributed by atoms with Gasteiger partial charge < -0.3 is 15.6 Å². The number of thioether (sulfide) groups is 1. The molecule has 1 aromatic rings. The van der Waals surface area contributed by atoms with Gasteiger partial charge in [-0.2, -0.15) is 0 Å². The number of carbonyl (C=O) groups is 2. The molecule has 0 aromatic carbocycles. The van der Waals surface area contributed by atoms with Crippen molar-refractivity contribution < 1.29 is 9.59 Å². The molecule has 3 N–H and O–H groups in total. The molecule has 1 aromatic heterocycles. The predicted molar refractivity (Wildman–Crippen MR) is 98.0 cm³/mol. The van der Waals surface area contributed by atoms with E-state index in [0.29, 0.717) is 23.9 Å². The summed E-state index contributed by atoms with van der Waals surface area (Å²) in [5.74, 6) is 0.333. The van der Waals surface area contributed by atoms with Gasteiger partial charge in [-0.3, -0.25) is 9.59 Å². The van der Waals surface area contributed by atoms with E-state index in [1.165, 1.54) is 36.6 Å². The molecule has 1 aliphatic rings. The minimum Gasteiger partial charge on any atom is -0.370 e. The van der Waals surface area contributed by atoms with Crippen LogP contribution in [-0.4, -0.2) is 38.4 Å². The van der Waals surface area contributed by atoms with E-state index in [-0.39, 0.29) is 23.5 Å². The molecule has 0 bridgehead atoms. The van der Waals surface area contributed by atoms with Gasteiger partial charge in [-0.15, -0.1) is 10.2 Å². The van der Waals surface area contributed by atoms with E-state index in [2.05, 4.69) is 21.6 Å². The monoisotopic (exact) mass is 365 g/mol. The second-order valence-corrected chi connectivity index (χ2v) is 7.64. The number of amides is 2. The molecule has 138 valence electrons. The molecule has 7 nitrogen and oxygen atoms in total. The van der Waals surface area contributed by atoms with Crippen LogP contribution in [0.15, 0.2) is 16.8 Å². The van der Waals surface area contributed by atoms with E-state index in [0.717, 1.165) is 12.8 Å². The maximum Gasteiger partial charge on any atom is 0.233 e. The van der Waals surface area contributed by atoms with E-state index in [1.807, 2.05) is 18.5 Å². The molecule has 0 spiro atoms. The van der Waals surface area contributed by atoms with Crippen molar-refractivity contribution in [3.63, 3.8) is 0 Å². The highest BCUT2D eigenvalue weighted by molar-refractivity contribution is 8.00. The fourth-order valence-corrected chi connectivity index (χ4v) is 3.59. The second kappa shape index (κ2) is 9.60. The van der Waals surface area contributed by atoms with Gasteiger partial charge in [0.15, 0.2) is 5.16 Å². The highest BCUT2D eigenvalue weighted by Gasteiger charge is 2.18. The Morgan fingerprint density at radius 2 is 2.16 bits per heavy atom. The molecular formula is C17H27N5O2S. The Morgan fingerprint density at radius 3 is 2.84 bits per heavy atom. The lowest BCUT2D eigenvalue weighted by atomic mass is 9.97. The molecule has 0 fully saturated rings. The number of aromatic nitrogens is 3. The van der Waals surface area contributed by atoms with Crippen LogP contribution in [0.1, 0.15) is 51.3 Å². The lowest BCUT2D eigenvalue weighted by Gasteiger charge is -2.14. The fourth-order valence-electron chi connectivity index (χ4n) is 2.73. The van der Waals surface area contributed by atoms with Crippen LogP contribution >= 0.6 is 11.8 Å². The van der Waals surface area contributed by atoms with Gasteiger partial charge in [-0.25, -0.2) is 0 Å². The number of primary amides is 1. The van der Waals surface area contributed by atoms with Crippen LogP contribution in [0.2, 0.25) is 0 Å². The molecule has 1 atom stereocenters. The van der Waals surface area contributed by atoms with Crippen molar-refractivity contribution in [1.29, 1.82) is 0 Å². The van der Waals surface area contributed by atoms with E-state index in [1.54, 1.807) is 0 Å². The van der Waals surface area contributed by atoms with E-state index in [9.17, 15) is 9.59 Å². The van der Waals surface area contributed by atoms with Crippen molar-refractivity contribution in [1.82, 2.24) is 20.1 Å². The summed E-state index contributed by atoms with van der Waals surface area (Å²) in [6.45, 7) is 2.54. The van der Waals surface area contributed by atoms with Crippen LogP contribution < -0.4 is 11.1 Å². The minimum absolute atomic E-state index is 0.00287. The molecular weight excluding hydrogens is 338 g/mol. The molecule has 1 heterocycles. The highest BCUT2D eigenvalue weighted by Crippen LogP contribution is 2.22. The van der Waals surface area contributed by atoms with Crippen LogP contribution in [0.25, 0.3) is 0 Å². The fraction of sp³-hybridized carbons (Fsp3) is 0.647. The number of allylic oxidation sites excluding steroid dienone is 1. The molecule has 0 saturated heterocycles. The number of rotatable bonds is 9. The molecule has 0 radical (unpaired) electrons. The smallest absolute Gasteiger partial charge is 0.233 e. The Hall–Kier alpha value is -1.83. The van der Waals surface area contributed by atoms with Crippen LogP contribution in [0.4, 0.5) is 0 Å². The average Bonchev–Trinajstić information content (AvgIpc) is 2.94. The number of hydrogen-bond donors (Lipinski definition) is 2. The van der Waals surface area contributed by atoms with Crippen molar-refractivity contribution in [2.75, 3.05) is 6.54 Å². The number of nitrogens with two attached hydrogens (primary N) is 1. The Kier molecular flexibility index (Phi) is 7.49. The van der Waals surface area contributed by atoms with Gasteiger partial charge in [-0.05, 0) is 39.0 Å². The summed E-state index contributed by atoms with van der Waals surface area (Å²) in [4.78, 5) is 23.1. The second-order valence-electron chi connectivity index (χ2n) is 6.33. The number of aryl methyl sites for hydroxylation is 1. The first-order chi connectivity index (χ1) is 12.0. The third-order valence-electron chi connectivity index (χ3n) is 4.30. The highest BCUT2D eigenvalue weighted by atomic mass is 32.2. The largest absolute Gasteiger partial charge is 0.370 e. The summed E-state index contributed by atoms with van der Waals surface area (Å²) in [5.41, 5.74) is 6.62. The van der Waals surface area contributed by atoms with E-state index in [4.69, 9.17) is 5.73 Å². The van der Waals surface area contributed by atoms with Crippen molar-refractivity contribution in [2.45, 2.75) is 62.3 Å². The molecule has 0 aliphatic heterocycles.